The third kappa shape index (κ3) is 3.82. The number of hydrogen-bond acceptors (Lipinski definition) is 2. The molecule has 138 valence electrons. The van der Waals surface area contributed by atoms with E-state index in [-0.39, 0.29) is 5.91 Å². The Kier molecular flexibility index (Phi) is 5.22. The number of halogens is 1. The Morgan fingerprint density at radius 1 is 0.964 bits per heavy atom. The zero-order valence-corrected chi connectivity index (χ0v) is 17.0. The summed E-state index contributed by atoms with van der Waals surface area (Å²) in [6.07, 6.45) is 0.926. The Morgan fingerprint density at radius 3 is 2.54 bits per heavy atom. The van der Waals surface area contributed by atoms with Crippen LogP contribution in [-0.2, 0) is 6.42 Å². The van der Waals surface area contributed by atoms with Gasteiger partial charge in [-0.05, 0) is 48.4 Å². The SMILES string of the molecule is CCc1cccc(NC(=O)c2cc(-c3ccc(Br)cc3)nc3ccccc23)c1. The van der Waals surface area contributed by atoms with Gasteiger partial charge in [0.05, 0.1) is 16.8 Å². The summed E-state index contributed by atoms with van der Waals surface area (Å²) < 4.78 is 1.01. The Hall–Kier alpha value is -2.98. The summed E-state index contributed by atoms with van der Waals surface area (Å²) in [5.74, 6) is -0.134. The number of aromatic nitrogens is 1. The molecule has 0 saturated heterocycles. The maximum atomic E-state index is 13.1. The predicted octanol–water partition coefficient (Wildman–Crippen LogP) is 6.48. The lowest BCUT2D eigenvalue weighted by atomic mass is 10.0. The van der Waals surface area contributed by atoms with Crippen molar-refractivity contribution in [3.8, 4) is 11.3 Å². The lowest BCUT2D eigenvalue weighted by Crippen LogP contribution is -2.13. The lowest BCUT2D eigenvalue weighted by Gasteiger charge is -2.11. The number of anilines is 1. The van der Waals surface area contributed by atoms with Gasteiger partial charge in [-0.3, -0.25) is 4.79 Å². The van der Waals surface area contributed by atoms with Crippen LogP contribution in [0.2, 0.25) is 0 Å². The Morgan fingerprint density at radius 2 is 1.75 bits per heavy atom. The van der Waals surface area contributed by atoms with E-state index in [9.17, 15) is 4.79 Å². The fourth-order valence-electron chi connectivity index (χ4n) is 3.20. The Labute approximate surface area is 172 Å². The average molecular weight is 431 g/mol. The normalized spacial score (nSPS) is 10.8. The average Bonchev–Trinajstić information content (AvgIpc) is 2.73. The molecule has 1 N–H and O–H groups in total. The molecule has 0 fully saturated rings. The van der Waals surface area contributed by atoms with Gasteiger partial charge in [0.2, 0.25) is 0 Å². The van der Waals surface area contributed by atoms with Crippen molar-refractivity contribution >= 4 is 38.4 Å². The highest BCUT2D eigenvalue weighted by Gasteiger charge is 2.14. The monoisotopic (exact) mass is 430 g/mol. The molecule has 0 spiro atoms. The quantitative estimate of drug-likeness (QED) is 0.402. The van der Waals surface area contributed by atoms with Gasteiger partial charge >= 0.3 is 0 Å². The molecule has 0 aliphatic rings. The van der Waals surface area contributed by atoms with E-state index in [2.05, 4.69) is 34.2 Å². The minimum atomic E-state index is -0.134. The van der Waals surface area contributed by atoms with Gasteiger partial charge in [-0.25, -0.2) is 4.98 Å². The van der Waals surface area contributed by atoms with Crippen LogP contribution in [-0.4, -0.2) is 10.9 Å². The molecule has 1 heterocycles. The summed E-state index contributed by atoms with van der Waals surface area (Å²) in [5.41, 5.74) is 5.15. The van der Waals surface area contributed by atoms with Gasteiger partial charge in [0.1, 0.15) is 0 Å². The number of nitrogens with one attached hydrogen (secondary N) is 1. The first-order valence-corrected chi connectivity index (χ1v) is 9.99. The zero-order valence-electron chi connectivity index (χ0n) is 15.4. The smallest absolute Gasteiger partial charge is 0.256 e. The highest BCUT2D eigenvalue weighted by molar-refractivity contribution is 9.10. The van der Waals surface area contributed by atoms with Gasteiger partial charge in [0.15, 0.2) is 0 Å². The van der Waals surface area contributed by atoms with Crippen molar-refractivity contribution in [2.45, 2.75) is 13.3 Å². The van der Waals surface area contributed by atoms with Crippen molar-refractivity contribution in [3.63, 3.8) is 0 Å². The number of para-hydroxylation sites is 1. The van der Waals surface area contributed by atoms with Crippen LogP contribution < -0.4 is 5.32 Å². The first kappa shape index (κ1) is 18.4. The van der Waals surface area contributed by atoms with Gasteiger partial charge < -0.3 is 5.32 Å². The van der Waals surface area contributed by atoms with Crippen LogP contribution >= 0.6 is 15.9 Å². The van der Waals surface area contributed by atoms with E-state index >= 15 is 0 Å². The highest BCUT2D eigenvalue weighted by atomic mass is 79.9. The summed E-state index contributed by atoms with van der Waals surface area (Å²) in [6, 6.07) is 25.5. The van der Waals surface area contributed by atoms with E-state index in [0.717, 1.165) is 38.7 Å². The maximum Gasteiger partial charge on any atom is 0.256 e. The number of aryl methyl sites for hydroxylation is 1. The van der Waals surface area contributed by atoms with Gasteiger partial charge in [0.25, 0.3) is 5.91 Å². The number of pyridine rings is 1. The summed E-state index contributed by atoms with van der Waals surface area (Å²) in [7, 11) is 0. The van der Waals surface area contributed by atoms with E-state index in [1.54, 1.807) is 0 Å². The number of fused-ring (bicyclic) bond motifs is 1. The molecule has 0 aliphatic carbocycles. The number of carbonyl (C=O) groups excluding carboxylic acids is 1. The first-order chi connectivity index (χ1) is 13.6. The predicted molar refractivity (Wildman–Crippen MR) is 119 cm³/mol. The van der Waals surface area contributed by atoms with Crippen molar-refractivity contribution in [1.29, 1.82) is 0 Å². The molecule has 3 nitrogen and oxygen atoms in total. The van der Waals surface area contributed by atoms with Crippen molar-refractivity contribution < 1.29 is 4.79 Å². The lowest BCUT2D eigenvalue weighted by molar-refractivity contribution is 0.102. The second-order valence-electron chi connectivity index (χ2n) is 6.59. The molecule has 1 aromatic heterocycles. The number of amides is 1. The van der Waals surface area contributed by atoms with E-state index in [1.807, 2.05) is 72.8 Å². The number of nitrogens with zero attached hydrogens (tertiary/aromatic N) is 1. The van der Waals surface area contributed by atoms with E-state index in [0.29, 0.717) is 5.56 Å². The molecular weight excluding hydrogens is 412 g/mol. The third-order valence-corrected chi connectivity index (χ3v) is 5.22. The van der Waals surface area contributed by atoms with Crippen molar-refractivity contribution in [2.75, 3.05) is 5.32 Å². The number of hydrogen-bond donors (Lipinski definition) is 1. The third-order valence-electron chi connectivity index (χ3n) is 4.69. The van der Waals surface area contributed by atoms with Gasteiger partial charge in [0, 0.05) is 21.1 Å². The number of carbonyl (C=O) groups is 1. The first-order valence-electron chi connectivity index (χ1n) is 9.20. The van der Waals surface area contributed by atoms with Crippen molar-refractivity contribution in [1.82, 2.24) is 4.98 Å². The molecule has 0 radical (unpaired) electrons. The summed E-state index contributed by atoms with van der Waals surface area (Å²) in [5, 5.41) is 3.88. The van der Waals surface area contributed by atoms with Crippen LogP contribution in [0, 0.1) is 0 Å². The van der Waals surface area contributed by atoms with E-state index in [4.69, 9.17) is 4.98 Å². The fraction of sp³-hybridized carbons (Fsp3) is 0.0833. The van der Waals surface area contributed by atoms with Gasteiger partial charge in [-0.15, -0.1) is 0 Å². The van der Waals surface area contributed by atoms with Gasteiger partial charge in [-0.2, -0.15) is 0 Å². The molecule has 0 saturated carbocycles. The number of benzene rings is 3. The molecule has 4 rings (SSSR count). The topological polar surface area (TPSA) is 42.0 Å². The van der Waals surface area contributed by atoms with Crippen molar-refractivity contribution in [2.24, 2.45) is 0 Å². The van der Waals surface area contributed by atoms with Crippen molar-refractivity contribution in [3.05, 3.63) is 94.5 Å². The largest absolute Gasteiger partial charge is 0.322 e. The molecule has 4 heteroatoms. The summed E-state index contributed by atoms with van der Waals surface area (Å²) >= 11 is 3.46. The molecule has 0 unspecified atom stereocenters. The van der Waals surface area contributed by atoms with E-state index in [1.165, 1.54) is 5.56 Å². The minimum Gasteiger partial charge on any atom is -0.322 e. The molecule has 0 aliphatic heterocycles. The highest BCUT2D eigenvalue weighted by Crippen LogP contribution is 2.26. The molecule has 4 aromatic rings. The fourth-order valence-corrected chi connectivity index (χ4v) is 3.46. The molecular formula is C24H19BrN2O. The van der Waals surface area contributed by atoms with Crippen LogP contribution in [0.5, 0.6) is 0 Å². The summed E-state index contributed by atoms with van der Waals surface area (Å²) in [6.45, 7) is 2.10. The molecule has 3 aromatic carbocycles. The second-order valence-corrected chi connectivity index (χ2v) is 7.50. The molecule has 28 heavy (non-hydrogen) atoms. The Balaban J connectivity index is 1.78. The standard InChI is InChI=1S/C24H19BrN2O/c1-2-16-6-5-7-19(14-16)26-24(28)21-15-23(17-10-12-18(25)13-11-17)27-22-9-4-3-8-20(21)22/h3-15H,2H2,1H3,(H,26,28). The zero-order chi connectivity index (χ0) is 19.5. The van der Waals surface area contributed by atoms with Crippen LogP contribution in [0.15, 0.2) is 83.3 Å². The van der Waals surface area contributed by atoms with Crippen LogP contribution in [0.4, 0.5) is 5.69 Å². The Bertz CT molecular complexity index is 1150. The van der Waals surface area contributed by atoms with Crippen LogP contribution in [0.25, 0.3) is 22.2 Å². The molecule has 0 atom stereocenters. The minimum absolute atomic E-state index is 0.134. The second kappa shape index (κ2) is 7.95. The van der Waals surface area contributed by atoms with E-state index < -0.39 is 0 Å². The maximum absolute atomic E-state index is 13.1. The van der Waals surface area contributed by atoms with Crippen LogP contribution in [0.3, 0.4) is 0 Å². The molecule has 1 amide bonds. The van der Waals surface area contributed by atoms with Gasteiger partial charge in [-0.1, -0.05) is 65.3 Å². The van der Waals surface area contributed by atoms with Crippen LogP contribution in [0.1, 0.15) is 22.8 Å². The summed E-state index contributed by atoms with van der Waals surface area (Å²) in [4.78, 5) is 17.9. The molecule has 0 bridgehead atoms. The number of rotatable bonds is 4.